The number of hydrogen-bond donors (Lipinski definition) is 0. The molecule has 0 N–H and O–H groups in total. The third-order valence-corrected chi connectivity index (χ3v) is 23.5. The Bertz CT molecular complexity index is 3290. The van der Waals surface area contributed by atoms with E-state index in [0.29, 0.717) is 5.56 Å². The molecule has 4 nitrogen and oxygen atoms in total. The molecule has 0 aliphatic carbocycles. The van der Waals surface area contributed by atoms with Crippen molar-refractivity contribution in [3.8, 4) is 17.2 Å². The molecule has 11 aromatic carbocycles. The summed E-state index contributed by atoms with van der Waals surface area (Å²) in [5, 5.41) is 10.0. The molecule has 0 aliphatic rings. The van der Waals surface area contributed by atoms with E-state index >= 15 is 0 Å². The van der Waals surface area contributed by atoms with Crippen molar-refractivity contribution in [3.05, 3.63) is 309 Å². The van der Waals surface area contributed by atoms with Crippen LogP contribution < -0.4 is 32.3 Å². The normalized spacial score (nSPS) is 11.0. The molecule has 0 radical (unpaired) electrons. The maximum atomic E-state index is 10.0. The van der Waals surface area contributed by atoms with Crippen LogP contribution in [0.1, 0.15) is 5.56 Å². The van der Waals surface area contributed by atoms with E-state index in [1.807, 2.05) is 24.3 Å². The number of hydrogen-bond acceptors (Lipinski definition) is 4. The average Bonchev–Trinajstić information content (AvgIpc) is 3.46. The summed E-state index contributed by atoms with van der Waals surface area (Å²) in [6.07, 6.45) is 0. The zero-order valence-corrected chi connectivity index (χ0v) is 41.8. The molecule has 0 atom stereocenters. The van der Waals surface area contributed by atoms with Crippen molar-refractivity contribution in [1.82, 2.24) is 0 Å². The summed E-state index contributed by atoms with van der Waals surface area (Å²) in [5.74, 6) is 0. The third-order valence-electron chi connectivity index (χ3n) is 13.4. The van der Waals surface area contributed by atoms with E-state index in [0.717, 1.165) is 62.3 Å². The van der Waals surface area contributed by atoms with Crippen LogP contribution in [-0.4, -0.2) is 13.3 Å². The topological polar surface area (TPSA) is 33.5 Å². The Labute approximate surface area is 425 Å². The van der Waals surface area contributed by atoms with E-state index in [1.165, 1.54) is 17.6 Å². The Kier molecular flexibility index (Phi) is 13.1. The summed E-state index contributed by atoms with van der Waals surface area (Å²) in [5.41, 5.74) is 12.3. The van der Waals surface area contributed by atoms with E-state index in [2.05, 4.69) is 300 Å². The Morgan fingerprint density at radius 2 is 0.472 bits per heavy atom. The first-order valence-electron chi connectivity index (χ1n) is 24.3. The monoisotopic (exact) mass is 984 g/mol. The second-order valence-electron chi connectivity index (χ2n) is 17.6. The van der Waals surface area contributed by atoms with E-state index < -0.39 is 13.3 Å². The summed E-state index contributed by atoms with van der Waals surface area (Å²) in [6, 6.07) is 111. The van der Waals surface area contributed by atoms with Gasteiger partial charge < -0.3 is 0 Å². The fourth-order valence-electron chi connectivity index (χ4n) is 10.1. The fraction of sp³-hybridized carbons (Fsp3) is 0. The van der Waals surface area contributed by atoms with Gasteiger partial charge in [-0.05, 0) is 0 Å². The molecular formula is C67H50GeN4. The third kappa shape index (κ3) is 8.97. The van der Waals surface area contributed by atoms with Gasteiger partial charge in [0.05, 0.1) is 0 Å². The molecule has 0 aromatic heterocycles. The zero-order valence-electron chi connectivity index (χ0n) is 39.7. The van der Waals surface area contributed by atoms with Crippen LogP contribution in [0.25, 0.3) is 11.1 Å². The van der Waals surface area contributed by atoms with Gasteiger partial charge in [-0.1, -0.05) is 72.8 Å². The van der Waals surface area contributed by atoms with Crippen LogP contribution in [0.2, 0.25) is 0 Å². The van der Waals surface area contributed by atoms with Gasteiger partial charge in [0, 0.05) is 0 Å². The molecule has 0 spiro atoms. The number of anilines is 9. The minimum atomic E-state index is -3.71. The molecular weight excluding hydrogens is 933 g/mol. The van der Waals surface area contributed by atoms with E-state index in [9.17, 15) is 5.26 Å². The first-order valence-corrected chi connectivity index (χ1v) is 28.5. The number of benzene rings is 11. The van der Waals surface area contributed by atoms with Crippen molar-refractivity contribution in [2.75, 3.05) is 14.7 Å². The zero-order chi connectivity index (χ0) is 48.5. The van der Waals surface area contributed by atoms with Gasteiger partial charge in [-0.3, -0.25) is 0 Å². The summed E-state index contributed by atoms with van der Waals surface area (Å²) in [7, 11) is 0. The van der Waals surface area contributed by atoms with Crippen LogP contribution >= 0.6 is 0 Å². The number of para-hydroxylation sites is 4. The van der Waals surface area contributed by atoms with Gasteiger partial charge in [0.25, 0.3) is 0 Å². The van der Waals surface area contributed by atoms with Gasteiger partial charge in [0.15, 0.2) is 0 Å². The predicted molar refractivity (Wildman–Crippen MR) is 304 cm³/mol. The molecule has 72 heavy (non-hydrogen) atoms. The summed E-state index contributed by atoms with van der Waals surface area (Å²) < 4.78 is 5.30. The van der Waals surface area contributed by atoms with Gasteiger partial charge in [0.2, 0.25) is 0 Å². The molecule has 0 heterocycles. The summed E-state index contributed by atoms with van der Waals surface area (Å²) in [6.45, 7) is 0. The van der Waals surface area contributed by atoms with Crippen molar-refractivity contribution >= 4 is 82.0 Å². The van der Waals surface area contributed by atoms with Crippen molar-refractivity contribution in [2.24, 2.45) is 0 Å². The molecule has 0 bridgehead atoms. The van der Waals surface area contributed by atoms with Crippen LogP contribution in [0.5, 0.6) is 0 Å². The fourth-order valence-corrected chi connectivity index (χ4v) is 20.0. The van der Waals surface area contributed by atoms with Crippen LogP contribution in [0, 0.1) is 11.3 Å². The van der Waals surface area contributed by atoms with Crippen LogP contribution in [0.15, 0.2) is 303 Å². The first kappa shape index (κ1) is 45.3. The Hall–Kier alpha value is -9.15. The molecule has 5 heteroatoms. The molecule has 342 valence electrons. The Morgan fingerprint density at radius 1 is 0.236 bits per heavy atom. The Balaban J connectivity index is 1.05. The minimum absolute atomic E-state index is 0.669. The number of nitrogens with zero attached hydrogens (tertiary/aromatic N) is 4. The molecule has 0 saturated heterocycles. The van der Waals surface area contributed by atoms with Crippen LogP contribution in [0.3, 0.4) is 0 Å². The standard InChI is InChI=1S/C67H50GeN4/c69-51-53-21-19-20-34-67(53)52-35-37-56(38-36-52)68(54-22-7-1-8-23-54,55-24-9-2-10-25-55)57-39-41-62(42-40-57)72(65-47-43-63(44-48-65)70(58-26-11-3-12-27-58)59-28-13-4-14-29-59)66-49-45-64(46-50-66)71(60-30-15-5-16-31-60)61-32-17-6-18-33-61/h1-50H. The second-order valence-corrected chi connectivity index (χ2v) is 25.6. The van der Waals surface area contributed by atoms with Gasteiger partial charge in [0.1, 0.15) is 0 Å². The van der Waals surface area contributed by atoms with Gasteiger partial charge in [-0.25, -0.2) is 0 Å². The van der Waals surface area contributed by atoms with Crippen molar-refractivity contribution in [3.63, 3.8) is 0 Å². The molecule has 0 saturated carbocycles. The van der Waals surface area contributed by atoms with Gasteiger partial charge in [-0.2, -0.15) is 0 Å². The predicted octanol–water partition coefficient (Wildman–Crippen LogP) is 15.0. The van der Waals surface area contributed by atoms with E-state index in [4.69, 9.17) is 0 Å². The first-order chi connectivity index (χ1) is 35.7. The average molecular weight is 984 g/mol. The number of nitriles is 1. The second kappa shape index (κ2) is 20.8. The van der Waals surface area contributed by atoms with Crippen LogP contribution in [-0.2, 0) is 0 Å². The van der Waals surface area contributed by atoms with Gasteiger partial charge >= 0.3 is 355 Å². The number of rotatable bonds is 14. The van der Waals surface area contributed by atoms with E-state index in [1.54, 1.807) is 0 Å². The summed E-state index contributed by atoms with van der Waals surface area (Å²) in [4.78, 5) is 6.96. The Morgan fingerprint density at radius 3 is 0.792 bits per heavy atom. The van der Waals surface area contributed by atoms with E-state index in [-0.39, 0.29) is 0 Å². The van der Waals surface area contributed by atoms with Crippen LogP contribution in [0.4, 0.5) is 51.2 Å². The quantitative estimate of drug-likeness (QED) is 0.102. The van der Waals surface area contributed by atoms with Crippen molar-refractivity contribution in [2.45, 2.75) is 0 Å². The van der Waals surface area contributed by atoms with Gasteiger partial charge in [-0.15, -0.1) is 0 Å². The SMILES string of the molecule is N#Cc1ccccc1-c1cc[c]([Ge]([c]2ccccc2)([c]2ccccc2)[c]2ccc(N(c3ccc(N(c4ccccc4)c4ccccc4)cc3)c3ccc(N(c4ccccc4)c4ccccc4)cc3)cc2)cc1. The molecule has 0 unspecified atom stereocenters. The molecule has 0 amide bonds. The summed E-state index contributed by atoms with van der Waals surface area (Å²) >= 11 is -3.71. The molecule has 11 rings (SSSR count). The molecule has 0 fully saturated rings. The maximum absolute atomic E-state index is 10.0. The van der Waals surface area contributed by atoms with Crippen molar-refractivity contribution < 1.29 is 0 Å². The van der Waals surface area contributed by atoms with Crippen molar-refractivity contribution in [1.29, 1.82) is 5.26 Å². The molecule has 11 aromatic rings. The molecule has 0 aliphatic heterocycles.